The minimum atomic E-state index is -1.33. The van der Waals surface area contributed by atoms with Crippen LogP contribution in [0.1, 0.15) is 44.2 Å². The molecule has 26 heavy (non-hydrogen) atoms. The molecule has 2 aliphatic rings. The summed E-state index contributed by atoms with van der Waals surface area (Å²) in [6.07, 6.45) is 0.810. The quantitative estimate of drug-likeness (QED) is 0.598. The maximum atomic E-state index is 12.7. The maximum Gasteiger partial charge on any atom is 0.323 e. The second kappa shape index (κ2) is 7.06. The number of hydrogen-bond acceptors (Lipinski definition) is 5. The summed E-state index contributed by atoms with van der Waals surface area (Å²) in [6.45, 7) is 5.82. The van der Waals surface area contributed by atoms with Crippen molar-refractivity contribution in [1.82, 2.24) is 0 Å². The molecule has 0 aromatic heterocycles. The van der Waals surface area contributed by atoms with Gasteiger partial charge in [-0.05, 0) is 45.1 Å². The molecule has 1 atom stereocenters. The number of carbonyl (C=O) groups excluding carboxylic acids is 3. The first-order valence-electron chi connectivity index (χ1n) is 9.10. The zero-order valence-electron chi connectivity index (χ0n) is 15.5. The fourth-order valence-corrected chi connectivity index (χ4v) is 4.08. The smallest absolute Gasteiger partial charge is 0.323 e. The van der Waals surface area contributed by atoms with E-state index in [1.165, 1.54) is 0 Å². The van der Waals surface area contributed by atoms with Gasteiger partial charge in [0.25, 0.3) is 0 Å². The molecule has 1 aromatic carbocycles. The first kappa shape index (κ1) is 18.4. The predicted molar refractivity (Wildman–Crippen MR) is 96.1 cm³/mol. The molecule has 138 valence electrons. The summed E-state index contributed by atoms with van der Waals surface area (Å²) in [7, 11) is 0. The molecule has 0 amide bonds. The zero-order valence-corrected chi connectivity index (χ0v) is 15.5. The van der Waals surface area contributed by atoms with Crippen LogP contribution in [-0.2, 0) is 23.9 Å². The van der Waals surface area contributed by atoms with Gasteiger partial charge in [-0.3, -0.25) is 14.4 Å². The number of Topliss-reactive ketones (excluding diaryl/α,β-unsaturated/α-hetero) is 1. The first-order valence-corrected chi connectivity index (χ1v) is 9.10. The molecule has 0 bridgehead atoms. The highest BCUT2D eigenvalue weighted by atomic mass is 16.6. The molecule has 1 fully saturated rings. The number of carbonyl (C=O) groups is 3. The summed E-state index contributed by atoms with van der Waals surface area (Å²) < 4.78 is 10.4. The Balaban J connectivity index is 2.03. The van der Waals surface area contributed by atoms with Crippen molar-refractivity contribution in [2.75, 3.05) is 13.2 Å². The van der Waals surface area contributed by atoms with Gasteiger partial charge < -0.3 is 9.47 Å². The van der Waals surface area contributed by atoms with Crippen molar-refractivity contribution < 1.29 is 23.9 Å². The number of benzene rings is 1. The van der Waals surface area contributed by atoms with Crippen molar-refractivity contribution in [3.8, 4) is 0 Å². The van der Waals surface area contributed by atoms with Crippen LogP contribution in [-0.4, -0.2) is 30.9 Å². The molecule has 0 saturated heterocycles. The molecule has 2 aliphatic carbocycles. The van der Waals surface area contributed by atoms with E-state index in [4.69, 9.17) is 9.47 Å². The second-order valence-corrected chi connectivity index (χ2v) is 6.99. The highest BCUT2D eigenvalue weighted by molar-refractivity contribution is 6.24. The summed E-state index contributed by atoms with van der Waals surface area (Å²) >= 11 is 0. The SMILES string of the molecule is CCOC(=O)C1(C(=O)OCC)CC2=C(c3ccc(C)cc3)C(=O)CC2C1. The van der Waals surface area contributed by atoms with Gasteiger partial charge >= 0.3 is 11.9 Å². The standard InChI is InChI=1S/C21H24O5/c1-4-25-19(23)21(20(24)26-5-2)11-15-10-17(22)18(16(15)12-21)14-8-6-13(3)7-9-14/h6-9,15H,4-5,10-12H2,1-3H3. The fraction of sp³-hybridized carbons (Fsp3) is 0.476. The van der Waals surface area contributed by atoms with Crippen LogP contribution in [0, 0.1) is 18.3 Å². The Labute approximate surface area is 153 Å². The zero-order chi connectivity index (χ0) is 18.9. The average Bonchev–Trinajstić information content (AvgIpc) is 3.11. The Morgan fingerprint density at radius 3 is 2.19 bits per heavy atom. The van der Waals surface area contributed by atoms with Crippen molar-refractivity contribution in [3.63, 3.8) is 0 Å². The van der Waals surface area contributed by atoms with Crippen LogP contribution < -0.4 is 0 Å². The van der Waals surface area contributed by atoms with Crippen LogP contribution in [0.5, 0.6) is 0 Å². The van der Waals surface area contributed by atoms with Gasteiger partial charge in [0.1, 0.15) is 0 Å². The van der Waals surface area contributed by atoms with E-state index in [0.717, 1.165) is 16.7 Å². The summed E-state index contributed by atoms with van der Waals surface area (Å²) in [6, 6.07) is 7.77. The number of rotatable bonds is 5. The minimum absolute atomic E-state index is 0.0789. The second-order valence-electron chi connectivity index (χ2n) is 6.99. The van der Waals surface area contributed by atoms with Crippen molar-refractivity contribution in [1.29, 1.82) is 0 Å². The highest BCUT2D eigenvalue weighted by Crippen LogP contribution is 2.54. The number of aryl methyl sites for hydroxylation is 1. The van der Waals surface area contributed by atoms with E-state index >= 15 is 0 Å². The first-order chi connectivity index (χ1) is 12.4. The molecular formula is C21H24O5. The lowest BCUT2D eigenvalue weighted by atomic mass is 9.83. The van der Waals surface area contributed by atoms with Gasteiger partial charge in [0.2, 0.25) is 0 Å². The Morgan fingerprint density at radius 1 is 1.08 bits per heavy atom. The number of allylic oxidation sites excluding steroid dienone is 2. The number of ether oxygens (including phenoxy) is 2. The largest absolute Gasteiger partial charge is 0.465 e. The lowest BCUT2D eigenvalue weighted by molar-refractivity contribution is -0.171. The van der Waals surface area contributed by atoms with Gasteiger partial charge in [0.15, 0.2) is 11.2 Å². The van der Waals surface area contributed by atoms with Crippen LogP contribution in [0.4, 0.5) is 0 Å². The molecule has 0 spiro atoms. The fourth-order valence-electron chi connectivity index (χ4n) is 4.08. The molecule has 1 unspecified atom stereocenters. The van der Waals surface area contributed by atoms with Gasteiger partial charge in [-0.2, -0.15) is 0 Å². The normalized spacial score (nSPS) is 20.9. The molecule has 0 N–H and O–H groups in total. The summed E-state index contributed by atoms with van der Waals surface area (Å²) in [4.78, 5) is 37.9. The van der Waals surface area contributed by atoms with E-state index in [2.05, 4.69) is 0 Å². The van der Waals surface area contributed by atoms with Crippen molar-refractivity contribution >= 4 is 23.3 Å². The molecule has 1 saturated carbocycles. The summed E-state index contributed by atoms with van der Waals surface area (Å²) in [5, 5.41) is 0. The van der Waals surface area contributed by atoms with Crippen molar-refractivity contribution in [2.24, 2.45) is 11.3 Å². The van der Waals surface area contributed by atoms with Crippen LogP contribution in [0.25, 0.3) is 5.57 Å². The lowest BCUT2D eigenvalue weighted by Gasteiger charge is -2.24. The molecule has 0 radical (unpaired) electrons. The Morgan fingerprint density at radius 2 is 1.65 bits per heavy atom. The number of esters is 2. The Hall–Kier alpha value is -2.43. The molecule has 1 aromatic rings. The van der Waals surface area contributed by atoms with Crippen molar-refractivity contribution in [2.45, 2.75) is 40.0 Å². The number of fused-ring (bicyclic) bond motifs is 1. The summed E-state index contributed by atoms with van der Waals surface area (Å²) in [5.41, 5.74) is 2.18. The third-order valence-corrected chi connectivity index (χ3v) is 5.28. The van der Waals surface area contributed by atoms with Gasteiger partial charge in [0, 0.05) is 12.0 Å². The van der Waals surface area contributed by atoms with E-state index in [-0.39, 0.29) is 37.8 Å². The van der Waals surface area contributed by atoms with Crippen LogP contribution in [0.15, 0.2) is 29.8 Å². The van der Waals surface area contributed by atoms with Crippen molar-refractivity contribution in [3.05, 3.63) is 41.0 Å². The number of hydrogen-bond donors (Lipinski definition) is 0. The van der Waals surface area contributed by atoms with E-state index in [9.17, 15) is 14.4 Å². The topological polar surface area (TPSA) is 69.7 Å². The Kier molecular flexibility index (Phi) is 4.99. The van der Waals surface area contributed by atoms with E-state index in [0.29, 0.717) is 12.0 Å². The maximum absolute atomic E-state index is 12.7. The summed E-state index contributed by atoms with van der Waals surface area (Å²) in [5.74, 6) is -1.12. The lowest BCUT2D eigenvalue weighted by Crippen LogP contribution is -2.40. The number of ketones is 1. The van der Waals surface area contributed by atoms with Gasteiger partial charge in [-0.25, -0.2) is 0 Å². The molecule has 0 heterocycles. The average molecular weight is 356 g/mol. The van der Waals surface area contributed by atoms with Crippen LogP contribution >= 0.6 is 0 Å². The van der Waals surface area contributed by atoms with Crippen LogP contribution in [0.3, 0.4) is 0 Å². The van der Waals surface area contributed by atoms with E-state index < -0.39 is 17.4 Å². The molecule has 3 rings (SSSR count). The van der Waals surface area contributed by atoms with Gasteiger partial charge in [0.05, 0.1) is 13.2 Å². The van der Waals surface area contributed by atoms with Gasteiger partial charge in [-0.1, -0.05) is 35.4 Å². The molecule has 0 aliphatic heterocycles. The van der Waals surface area contributed by atoms with E-state index in [1.807, 2.05) is 31.2 Å². The predicted octanol–water partition coefficient (Wildman–Crippen LogP) is 3.24. The third-order valence-electron chi connectivity index (χ3n) is 5.28. The molecular weight excluding hydrogens is 332 g/mol. The van der Waals surface area contributed by atoms with E-state index in [1.54, 1.807) is 13.8 Å². The highest BCUT2D eigenvalue weighted by Gasteiger charge is 2.58. The van der Waals surface area contributed by atoms with Crippen LogP contribution in [0.2, 0.25) is 0 Å². The Bertz CT molecular complexity index is 754. The van der Waals surface area contributed by atoms with Gasteiger partial charge in [-0.15, -0.1) is 0 Å². The third kappa shape index (κ3) is 2.96. The molecule has 5 nitrogen and oxygen atoms in total. The monoisotopic (exact) mass is 356 g/mol. The minimum Gasteiger partial charge on any atom is -0.465 e. The molecule has 5 heteroatoms.